The molecule has 0 bridgehead atoms. The summed E-state index contributed by atoms with van der Waals surface area (Å²) in [5, 5.41) is 4.18. The Hall–Kier alpha value is -1.03. The fourth-order valence-corrected chi connectivity index (χ4v) is 2.90. The molecule has 102 valence electrons. The Labute approximate surface area is 123 Å². The van der Waals surface area contributed by atoms with Gasteiger partial charge in [-0.3, -0.25) is 0 Å². The molecule has 2 rings (SSSR count). The summed E-state index contributed by atoms with van der Waals surface area (Å²) in [5.41, 5.74) is 0. The van der Waals surface area contributed by atoms with E-state index in [9.17, 15) is 0 Å². The fourth-order valence-electron chi connectivity index (χ4n) is 1.84. The lowest BCUT2D eigenvalue weighted by atomic mass is 10.2. The molecule has 1 aromatic heterocycles. The Morgan fingerprint density at radius 1 is 1.21 bits per heavy atom. The molecule has 0 fully saturated rings. The van der Waals surface area contributed by atoms with Crippen LogP contribution in [0, 0.1) is 6.92 Å². The van der Waals surface area contributed by atoms with E-state index >= 15 is 0 Å². The number of thiophene rings is 1. The van der Waals surface area contributed by atoms with Crippen molar-refractivity contribution in [1.29, 1.82) is 0 Å². The Balaban J connectivity index is 1.99. The number of benzene rings is 1. The predicted octanol–water partition coefficient (Wildman–Crippen LogP) is 4.44. The van der Waals surface area contributed by atoms with E-state index in [1.807, 2.05) is 35.6 Å². The first-order valence-electron chi connectivity index (χ1n) is 6.37. The zero-order chi connectivity index (χ0) is 13.7. The highest BCUT2D eigenvalue weighted by Gasteiger charge is 2.13. The second-order valence-corrected chi connectivity index (χ2v) is 6.08. The highest BCUT2D eigenvalue weighted by Crippen LogP contribution is 2.24. The molecule has 0 spiro atoms. The van der Waals surface area contributed by atoms with Crippen molar-refractivity contribution >= 4 is 22.9 Å². The van der Waals surface area contributed by atoms with Crippen molar-refractivity contribution < 1.29 is 4.74 Å². The van der Waals surface area contributed by atoms with E-state index in [4.69, 9.17) is 16.3 Å². The van der Waals surface area contributed by atoms with Crippen LogP contribution in [0.25, 0.3) is 0 Å². The Kier molecular flexibility index (Phi) is 5.25. The van der Waals surface area contributed by atoms with Crippen molar-refractivity contribution in [2.24, 2.45) is 0 Å². The zero-order valence-corrected chi connectivity index (χ0v) is 12.7. The van der Waals surface area contributed by atoms with E-state index in [1.54, 1.807) is 0 Å². The number of halogens is 1. The molecule has 2 nitrogen and oxygen atoms in total. The molecule has 0 aliphatic carbocycles. The largest absolute Gasteiger partial charge is 0.492 e. The molecule has 2 aromatic rings. The van der Waals surface area contributed by atoms with Crippen molar-refractivity contribution in [3.63, 3.8) is 0 Å². The number of hydrogen-bond acceptors (Lipinski definition) is 3. The van der Waals surface area contributed by atoms with Crippen LogP contribution in [-0.4, -0.2) is 13.2 Å². The van der Waals surface area contributed by atoms with Gasteiger partial charge in [-0.05, 0) is 49.9 Å². The third-order valence-corrected chi connectivity index (χ3v) is 4.15. The molecule has 1 unspecified atom stereocenters. The Morgan fingerprint density at radius 3 is 2.53 bits per heavy atom. The van der Waals surface area contributed by atoms with Gasteiger partial charge in [0.25, 0.3) is 0 Å². The van der Waals surface area contributed by atoms with Gasteiger partial charge in [-0.1, -0.05) is 18.5 Å². The maximum absolute atomic E-state index is 5.86. The molecular weight excluding hydrogens is 278 g/mol. The SMILES string of the molecule is CCNC(COc1ccc(Cl)cc1)c1ccc(C)s1. The van der Waals surface area contributed by atoms with Gasteiger partial charge in [-0.25, -0.2) is 0 Å². The number of hydrogen-bond donors (Lipinski definition) is 1. The first-order chi connectivity index (χ1) is 9.19. The minimum absolute atomic E-state index is 0.236. The topological polar surface area (TPSA) is 21.3 Å². The number of aryl methyl sites for hydroxylation is 1. The second-order valence-electron chi connectivity index (χ2n) is 4.32. The quantitative estimate of drug-likeness (QED) is 0.851. The van der Waals surface area contributed by atoms with E-state index in [-0.39, 0.29) is 6.04 Å². The van der Waals surface area contributed by atoms with Gasteiger partial charge in [0.05, 0.1) is 6.04 Å². The van der Waals surface area contributed by atoms with Gasteiger partial charge in [0, 0.05) is 14.8 Å². The molecular formula is C15H18ClNOS. The Bertz CT molecular complexity index is 509. The molecule has 0 saturated heterocycles. The minimum Gasteiger partial charge on any atom is -0.492 e. The van der Waals surface area contributed by atoms with Gasteiger partial charge >= 0.3 is 0 Å². The van der Waals surface area contributed by atoms with E-state index in [0.717, 1.165) is 17.3 Å². The van der Waals surface area contributed by atoms with Crippen molar-refractivity contribution in [3.8, 4) is 5.75 Å². The van der Waals surface area contributed by atoms with Crippen LogP contribution in [0.3, 0.4) is 0 Å². The lowest BCUT2D eigenvalue weighted by molar-refractivity contribution is 0.270. The van der Waals surface area contributed by atoms with Crippen LogP contribution in [0.15, 0.2) is 36.4 Å². The molecule has 4 heteroatoms. The fraction of sp³-hybridized carbons (Fsp3) is 0.333. The second kappa shape index (κ2) is 6.94. The summed E-state index contributed by atoms with van der Waals surface area (Å²) in [5.74, 6) is 0.848. The first-order valence-corrected chi connectivity index (χ1v) is 7.56. The van der Waals surface area contributed by atoms with E-state index in [2.05, 4.69) is 31.3 Å². The normalized spacial score (nSPS) is 12.4. The average Bonchev–Trinajstić information content (AvgIpc) is 2.83. The van der Waals surface area contributed by atoms with Crippen LogP contribution in [0.4, 0.5) is 0 Å². The molecule has 0 amide bonds. The maximum atomic E-state index is 5.86. The van der Waals surface area contributed by atoms with Gasteiger partial charge in [-0.2, -0.15) is 0 Å². The summed E-state index contributed by atoms with van der Waals surface area (Å²) < 4.78 is 5.82. The monoisotopic (exact) mass is 295 g/mol. The average molecular weight is 296 g/mol. The van der Waals surface area contributed by atoms with Gasteiger partial charge in [0.15, 0.2) is 0 Å². The molecule has 0 aliphatic heterocycles. The third-order valence-electron chi connectivity index (χ3n) is 2.79. The molecule has 1 N–H and O–H groups in total. The number of likely N-dealkylation sites (N-methyl/N-ethyl adjacent to an activating group) is 1. The molecule has 0 aliphatic rings. The van der Waals surface area contributed by atoms with Crippen molar-refractivity contribution in [3.05, 3.63) is 51.2 Å². The summed E-state index contributed by atoms with van der Waals surface area (Å²) in [4.78, 5) is 2.64. The minimum atomic E-state index is 0.236. The van der Waals surface area contributed by atoms with Crippen LogP contribution in [0.1, 0.15) is 22.7 Å². The van der Waals surface area contributed by atoms with Crippen LogP contribution < -0.4 is 10.1 Å². The highest BCUT2D eigenvalue weighted by atomic mass is 35.5. The lowest BCUT2D eigenvalue weighted by Gasteiger charge is -2.17. The summed E-state index contributed by atoms with van der Waals surface area (Å²) in [6, 6.07) is 12.0. The van der Waals surface area contributed by atoms with Gasteiger partial charge in [-0.15, -0.1) is 11.3 Å². The molecule has 0 radical (unpaired) electrons. The van der Waals surface area contributed by atoms with Crippen LogP contribution in [-0.2, 0) is 0 Å². The third kappa shape index (κ3) is 4.23. The lowest BCUT2D eigenvalue weighted by Crippen LogP contribution is -2.25. The first kappa shape index (κ1) is 14.4. The number of ether oxygens (including phenoxy) is 1. The van der Waals surface area contributed by atoms with Crippen molar-refractivity contribution in [1.82, 2.24) is 5.32 Å². The van der Waals surface area contributed by atoms with E-state index in [1.165, 1.54) is 9.75 Å². The summed E-state index contributed by atoms with van der Waals surface area (Å²) >= 11 is 7.67. The summed E-state index contributed by atoms with van der Waals surface area (Å²) in [7, 11) is 0. The smallest absolute Gasteiger partial charge is 0.119 e. The molecule has 19 heavy (non-hydrogen) atoms. The van der Waals surface area contributed by atoms with E-state index in [0.29, 0.717) is 6.61 Å². The van der Waals surface area contributed by atoms with Crippen LogP contribution in [0.2, 0.25) is 5.02 Å². The summed E-state index contributed by atoms with van der Waals surface area (Å²) in [6.45, 7) is 5.77. The van der Waals surface area contributed by atoms with Crippen LogP contribution >= 0.6 is 22.9 Å². The van der Waals surface area contributed by atoms with Crippen LogP contribution in [0.5, 0.6) is 5.75 Å². The maximum Gasteiger partial charge on any atom is 0.119 e. The Morgan fingerprint density at radius 2 is 1.95 bits per heavy atom. The molecule has 1 heterocycles. The standard InChI is InChI=1S/C15H18ClNOS/c1-3-17-14(15-9-4-11(2)19-15)10-18-13-7-5-12(16)6-8-13/h4-9,14,17H,3,10H2,1-2H3. The molecule has 1 aromatic carbocycles. The van der Waals surface area contributed by atoms with E-state index < -0.39 is 0 Å². The van der Waals surface area contributed by atoms with Gasteiger partial charge in [0.2, 0.25) is 0 Å². The van der Waals surface area contributed by atoms with Gasteiger partial charge < -0.3 is 10.1 Å². The molecule has 1 atom stereocenters. The number of nitrogens with one attached hydrogen (secondary N) is 1. The van der Waals surface area contributed by atoms with Gasteiger partial charge in [0.1, 0.15) is 12.4 Å². The number of rotatable bonds is 6. The highest BCUT2D eigenvalue weighted by molar-refractivity contribution is 7.12. The molecule has 0 saturated carbocycles. The van der Waals surface area contributed by atoms with Crippen molar-refractivity contribution in [2.75, 3.05) is 13.2 Å². The zero-order valence-electron chi connectivity index (χ0n) is 11.2. The predicted molar refractivity (Wildman–Crippen MR) is 82.4 cm³/mol. The van der Waals surface area contributed by atoms with Crippen molar-refractivity contribution in [2.45, 2.75) is 19.9 Å². The summed E-state index contributed by atoms with van der Waals surface area (Å²) in [6.07, 6.45) is 0.